The second kappa shape index (κ2) is 24.0. The number of hydrogen-bond donors (Lipinski definition) is 1. The van der Waals surface area contributed by atoms with Crippen molar-refractivity contribution in [2.75, 3.05) is 26.2 Å². The minimum atomic E-state index is 0.339. The fourth-order valence-electron chi connectivity index (χ4n) is 3.92. The molecule has 0 heterocycles. The van der Waals surface area contributed by atoms with E-state index in [4.69, 9.17) is 5.11 Å². The molecule has 0 rings (SSSR count). The van der Waals surface area contributed by atoms with Crippen LogP contribution in [0.4, 0.5) is 0 Å². The molecule has 0 amide bonds. The van der Waals surface area contributed by atoms with Gasteiger partial charge in [0, 0.05) is 13.2 Å². The van der Waals surface area contributed by atoms with Crippen LogP contribution in [0.2, 0.25) is 0 Å². The highest BCUT2D eigenvalue weighted by atomic mass is 16.3. The summed E-state index contributed by atoms with van der Waals surface area (Å²) in [5, 5.41) is 9.15. The molecule has 0 saturated heterocycles. The van der Waals surface area contributed by atoms with Gasteiger partial charge in [0.05, 0.1) is 0 Å². The molecule has 0 aliphatic heterocycles. The molecule has 0 aromatic carbocycles. The second-order valence-electron chi connectivity index (χ2n) is 8.58. The van der Waals surface area contributed by atoms with Crippen LogP contribution < -0.4 is 0 Å². The van der Waals surface area contributed by atoms with E-state index in [0.29, 0.717) is 6.61 Å². The Kier molecular flexibility index (Phi) is 23.9. The molecule has 27 heavy (non-hydrogen) atoms. The maximum absolute atomic E-state index is 9.15. The van der Waals surface area contributed by atoms with Crippen molar-refractivity contribution >= 4 is 0 Å². The summed E-state index contributed by atoms with van der Waals surface area (Å²) in [7, 11) is 0. The number of unbranched alkanes of at least 4 members (excludes halogenated alkanes) is 16. The van der Waals surface area contributed by atoms with Gasteiger partial charge in [-0.1, -0.05) is 117 Å². The number of aliphatic hydroxyl groups excluding tert-OH is 1. The lowest BCUT2D eigenvalue weighted by Crippen LogP contribution is -2.27. The van der Waals surface area contributed by atoms with Crippen LogP contribution in [0.25, 0.3) is 0 Å². The quantitative estimate of drug-likeness (QED) is 0.182. The Labute approximate surface area is 172 Å². The third kappa shape index (κ3) is 22.1. The average Bonchev–Trinajstić information content (AvgIpc) is 2.68. The van der Waals surface area contributed by atoms with E-state index in [0.717, 1.165) is 13.0 Å². The summed E-state index contributed by atoms with van der Waals surface area (Å²) in [5.41, 5.74) is 0. The molecule has 0 aliphatic carbocycles. The van der Waals surface area contributed by atoms with Gasteiger partial charge in [0.1, 0.15) is 0 Å². The molecule has 0 fully saturated rings. The first-order chi connectivity index (χ1) is 13.3. The van der Waals surface area contributed by atoms with Gasteiger partial charge in [-0.25, -0.2) is 0 Å². The van der Waals surface area contributed by atoms with Crippen LogP contribution in [0.15, 0.2) is 0 Å². The van der Waals surface area contributed by atoms with E-state index in [1.165, 1.54) is 129 Å². The van der Waals surface area contributed by atoms with E-state index < -0.39 is 0 Å². The molecule has 0 saturated carbocycles. The summed E-state index contributed by atoms with van der Waals surface area (Å²) in [6, 6.07) is 0. The minimum Gasteiger partial charge on any atom is -0.396 e. The van der Waals surface area contributed by atoms with Crippen molar-refractivity contribution in [1.29, 1.82) is 0 Å². The van der Waals surface area contributed by atoms with E-state index >= 15 is 0 Å². The van der Waals surface area contributed by atoms with Crippen LogP contribution in [-0.2, 0) is 0 Å². The Morgan fingerprint density at radius 2 is 0.704 bits per heavy atom. The SMILES string of the molecule is CCCCCCCCCCCN(CCCO)CCCCCCCCCCC. The smallest absolute Gasteiger partial charge is 0.0443 e. The van der Waals surface area contributed by atoms with Gasteiger partial charge >= 0.3 is 0 Å². The number of aliphatic hydroxyl groups is 1. The van der Waals surface area contributed by atoms with E-state index in [-0.39, 0.29) is 0 Å². The molecule has 0 aromatic heterocycles. The Bertz CT molecular complexity index is 235. The zero-order valence-corrected chi connectivity index (χ0v) is 19.2. The van der Waals surface area contributed by atoms with Crippen molar-refractivity contribution in [2.24, 2.45) is 0 Å². The van der Waals surface area contributed by atoms with Gasteiger partial charge in [-0.3, -0.25) is 0 Å². The second-order valence-corrected chi connectivity index (χ2v) is 8.58. The maximum atomic E-state index is 9.15. The van der Waals surface area contributed by atoms with Crippen LogP contribution in [0, 0.1) is 0 Å². The molecule has 0 aliphatic rings. The third-order valence-corrected chi connectivity index (χ3v) is 5.79. The van der Waals surface area contributed by atoms with Crippen molar-refractivity contribution in [3.8, 4) is 0 Å². The number of hydrogen-bond acceptors (Lipinski definition) is 2. The Hall–Kier alpha value is -0.0800. The summed E-state index contributed by atoms with van der Waals surface area (Å²) in [6.45, 7) is 8.49. The third-order valence-electron chi connectivity index (χ3n) is 5.79. The number of nitrogens with zero attached hydrogens (tertiary/aromatic N) is 1. The molecule has 2 nitrogen and oxygen atoms in total. The van der Waals surface area contributed by atoms with Crippen molar-refractivity contribution in [1.82, 2.24) is 4.90 Å². The highest BCUT2D eigenvalue weighted by Gasteiger charge is 2.04. The topological polar surface area (TPSA) is 23.5 Å². The van der Waals surface area contributed by atoms with Gasteiger partial charge in [0.2, 0.25) is 0 Å². The predicted molar refractivity (Wildman–Crippen MR) is 123 cm³/mol. The van der Waals surface area contributed by atoms with E-state index in [2.05, 4.69) is 18.7 Å². The first-order valence-corrected chi connectivity index (χ1v) is 12.7. The predicted octanol–water partition coefficient (Wildman–Crippen LogP) is 7.73. The zero-order valence-electron chi connectivity index (χ0n) is 19.2. The van der Waals surface area contributed by atoms with Crippen molar-refractivity contribution in [3.63, 3.8) is 0 Å². The molecule has 0 radical (unpaired) electrons. The normalized spacial score (nSPS) is 11.6. The monoisotopic (exact) mass is 383 g/mol. The van der Waals surface area contributed by atoms with Crippen LogP contribution in [-0.4, -0.2) is 36.2 Å². The van der Waals surface area contributed by atoms with E-state index in [9.17, 15) is 0 Å². The van der Waals surface area contributed by atoms with Crippen molar-refractivity contribution in [2.45, 2.75) is 136 Å². The number of rotatable bonds is 23. The first-order valence-electron chi connectivity index (χ1n) is 12.7. The maximum Gasteiger partial charge on any atom is 0.0443 e. The van der Waals surface area contributed by atoms with Crippen molar-refractivity contribution < 1.29 is 5.11 Å². The van der Waals surface area contributed by atoms with Gasteiger partial charge in [-0.05, 0) is 32.4 Å². The van der Waals surface area contributed by atoms with Gasteiger partial charge in [-0.15, -0.1) is 0 Å². The lowest BCUT2D eigenvalue weighted by atomic mass is 10.1. The van der Waals surface area contributed by atoms with Crippen LogP contribution >= 0.6 is 0 Å². The Balaban J connectivity index is 3.53. The molecule has 2 heteroatoms. The average molecular weight is 384 g/mol. The fraction of sp³-hybridized carbons (Fsp3) is 1.00. The molecular formula is C25H53NO. The van der Waals surface area contributed by atoms with Gasteiger partial charge in [0.15, 0.2) is 0 Å². The first kappa shape index (κ1) is 26.9. The van der Waals surface area contributed by atoms with Gasteiger partial charge in [-0.2, -0.15) is 0 Å². The van der Waals surface area contributed by atoms with Crippen LogP contribution in [0.5, 0.6) is 0 Å². The molecular weight excluding hydrogens is 330 g/mol. The van der Waals surface area contributed by atoms with E-state index in [1.807, 2.05) is 0 Å². The Morgan fingerprint density at radius 3 is 1.04 bits per heavy atom. The molecule has 0 unspecified atom stereocenters. The molecule has 1 N–H and O–H groups in total. The van der Waals surface area contributed by atoms with E-state index in [1.54, 1.807) is 0 Å². The van der Waals surface area contributed by atoms with Gasteiger partial charge in [0.25, 0.3) is 0 Å². The summed E-state index contributed by atoms with van der Waals surface area (Å²) < 4.78 is 0. The minimum absolute atomic E-state index is 0.339. The zero-order chi connectivity index (χ0) is 19.8. The molecule has 0 spiro atoms. The summed E-state index contributed by atoms with van der Waals surface area (Å²) >= 11 is 0. The molecule has 0 aromatic rings. The van der Waals surface area contributed by atoms with Crippen LogP contribution in [0.1, 0.15) is 136 Å². The Morgan fingerprint density at radius 1 is 0.407 bits per heavy atom. The molecule has 0 bridgehead atoms. The molecule has 0 atom stereocenters. The summed E-state index contributed by atoms with van der Waals surface area (Å²) in [4.78, 5) is 2.61. The van der Waals surface area contributed by atoms with Crippen LogP contribution in [0.3, 0.4) is 0 Å². The van der Waals surface area contributed by atoms with Gasteiger partial charge < -0.3 is 10.0 Å². The lowest BCUT2D eigenvalue weighted by molar-refractivity contribution is 0.217. The summed E-state index contributed by atoms with van der Waals surface area (Å²) in [6.07, 6.45) is 26.3. The standard InChI is InChI=1S/C25H53NO/c1-3-5-7-9-11-13-15-17-19-22-26(24-21-25-27)23-20-18-16-14-12-10-8-6-4-2/h27H,3-25H2,1-2H3. The fourth-order valence-corrected chi connectivity index (χ4v) is 3.92. The lowest BCUT2D eigenvalue weighted by Gasteiger charge is -2.22. The van der Waals surface area contributed by atoms with Crippen molar-refractivity contribution in [3.05, 3.63) is 0 Å². The highest BCUT2D eigenvalue weighted by Crippen LogP contribution is 2.12. The largest absolute Gasteiger partial charge is 0.396 e. The highest BCUT2D eigenvalue weighted by molar-refractivity contribution is 4.60. The summed E-state index contributed by atoms with van der Waals surface area (Å²) in [5.74, 6) is 0. The molecule has 164 valence electrons.